The van der Waals surface area contributed by atoms with Gasteiger partial charge in [0.05, 0.1) is 0 Å². The summed E-state index contributed by atoms with van der Waals surface area (Å²) in [7, 11) is 1.93. The van der Waals surface area contributed by atoms with Crippen molar-refractivity contribution in [3.8, 4) is 0 Å². The molecule has 0 unspecified atom stereocenters. The maximum Gasteiger partial charge on any atom is 0.222 e. The quantitative estimate of drug-likeness (QED) is 0.702. The van der Waals surface area contributed by atoms with Crippen molar-refractivity contribution in [1.82, 2.24) is 9.80 Å². The molecule has 0 aromatic carbocycles. The number of carbonyl (C=O) groups is 1. The Bertz CT molecular complexity index is 238. The Morgan fingerprint density at radius 2 is 2.00 bits per heavy atom. The van der Waals surface area contributed by atoms with Crippen LogP contribution >= 0.6 is 0 Å². The Labute approximate surface area is 111 Å². The number of unbranched alkanes of at least 4 members (excludes halogenated alkanes) is 1. The number of carbonyl (C=O) groups excluding carboxylic acids is 1. The molecule has 0 aliphatic carbocycles. The number of likely N-dealkylation sites (tertiary alicyclic amines) is 1. The lowest BCUT2D eigenvalue weighted by molar-refractivity contribution is -0.133. The summed E-state index contributed by atoms with van der Waals surface area (Å²) in [6.07, 6.45) is 5.51. The lowest BCUT2D eigenvalue weighted by atomic mass is 10.0. The van der Waals surface area contributed by atoms with Crippen molar-refractivity contribution in [3.05, 3.63) is 0 Å². The molecule has 1 aliphatic rings. The van der Waals surface area contributed by atoms with Crippen LogP contribution in [0.3, 0.4) is 0 Å². The van der Waals surface area contributed by atoms with Gasteiger partial charge in [0.25, 0.3) is 0 Å². The first-order valence-corrected chi connectivity index (χ1v) is 7.28. The third kappa shape index (κ3) is 4.94. The van der Waals surface area contributed by atoms with Gasteiger partial charge in [-0.2, -0.15) is 0 Å². The van der Waals surface area contributed by atoms with E-state index in [2.05, 4.69) is 11.8 Å². The van der Waals surface area contributed by atoms with Crippen LogP contribution in [0.2, 0.25) is 0 Å². The van der Waals surface area contributed by atoms with E-state index in [1.165, 1.54) is 13.0 Å². The van der Waals surface area contributed by atoms with Gasteiger partial charge in [0, 0.05) is 39.2 Å². The van der Waals surface area contributed by atoms with Gasteiger partial charge in [0.1, 0.15) is 0 Å². The smallest absolute Gasteiger partial charge is 0.222 e. The summed E-state index contributed by atoms with van der Waals surface area (Å²) in [5.41, 5.74) is 0. The van der Waals surface area contributed by atoms with Crippen molar-refractivity contribution in [2.75, 3.05) is 33.3 Å². The average Bonchev–Trinajstić information content (AvgIpc) is 2.39. The summed E-state index contributed by atoms with van der Waals surface area (Å²) in [5.74, 6) is 0.234. The number of piperidine rings is 1. The zero-order chi connectivity index (χ0) is 13.4. The van der Waals surface area contributed by atoms with Crippen molar-refractivity contribution in [3.63, 3.8) is 0 Å². The molecule has 0 bridgehead atoms. The van der Waals surface area contributed by atoms with Crippen LogP contribution in [0.5, 0.6) is 0 Å². The zero-order valence-electron chi connectivity index (χ0n) is 11.9. The monoisotopic (exact) mass is 256 g/mol. The first-order valence-electron chi connectivity index (χ1n) is 7.28. The van der Waals surface area contributed by atoms with E-state index >= 15 is 0 Å². The van der Waals surface area contributed by atoms with E-state index in [0.29, 0.717) is 12.5 Å². The molecule has 18 heavy (non-hydrogen) atoms. The van der Waals surface area contributed by atoms with E-state index in [1.807, 2.05) is 11.9 Å². The lowest BCUT2D eigenvalue weighted by Crippen LogP contribution is -2.45. The van der Waals surface area contributed by atoms with E-state index in [-0.39, 0.29) is 12.5 Å². The van der Waals surface area contributed by atoms with E-state index in [1.54, 1.807) is 0 Å². The van der Waals surface area contributed by atoms with Gasteiger partial charge in [-0.15, -0.1) is 0 Å². The first-order chi connectivity index (χ1) is 8.69. The summed E-state index contributed by atoms with van der Waals surface area (Å²) in [5, 5.41) is 8.72. The van der Waals surface area contributed by atoms with Crippen molar-refractivity contribution < 1.29 is 9.90 Å². The van der Waals surface area contributed by atoms with Gasteiger partial charge in [-0.3, -0.25) is 4.79 Å². The SMILES string of the molecule is CCCN1CCC(N(C)C(=O)CCCCO)CC1. The Morgan fingerprint density at radius 3 is 2.56 bits per heavy atom. The highest BCUT2D eigenvalue weighted by Gasteiger charge is 2.24. The Hall–Kier alpha value is -0.610. The molecule has 1 fully saturated rings. The topological polar surface area (TPSA) is 43.8 Å². The molecule has 1 saturated heterocycles. The normalized spacial score (nSPS) is 17.9. The number of aliphatic hydroxyl groups excluding tert-OH is 1. The number of nitrogens with zero attached hydrogens (tertiary/aromatic N) is 2. The molecule has 4 nitrogen and oxygen atoms in total. The molecule has 1 heterocycles. The van der Waals surface area contributed by atoms with Crippen LogP contribution in [0.25, 0.3) is 0 Å². The number of amides is 1. The molecule has 1 amide bonds. The van der Waals surface area contributed by atoms with Gasteiger partial charge in [0.2, 0.25) is 5.91 Å². The predicted molar refractivity (Wildman–Crippen MR) is 73.5 cm³/mol. The van der Waals surface area contributed by atoms with E-state index < -0.39 is 0 Å². The highest BCUT2D eigenvalue weighted by molar-refractivity contribution is 5.76. The Kier molecular flexibility index (Phi) is 7.28. The van der Waals surface area contributed by atoms with Crippen molar-refractivity contribution in [1.29, 1.82) is 0 Å². The molecule has 106 valence electrons. The molecule has 0 atom stereocenters. The second-order valence-electron chi connectivity index (χ2n) is 5.26. The summed E-state index contributed by atoms with van der Waals surface area (Å²) >= 11 is 0. The molecule has 0 spiro atoms. The number of rotatable bonds is 7. The number of hydrogen-bond acceptors (Lipinski definition) is 3. The molecule has 1 aliphatic heterocycles. The third-order valence-electron chi connectivity index (χ3n) is 3.84. The fraction of sp³-hybridized carbons (Fsp3) is 0.929. The van der Waals surface area contributed by atoms with Crippen LogP contribution in [0, 0.1) is 0 Å². The van der Waals surface area contributed by atoms with E-state index in [0.717, 1.165) is 38.8 Å². The van der Waals surface area contributed by atoms with Crippen LogP contribution in [-0.2, 0) is 4.79 Å². The highest BCUT2D eigenvalue weighted by Crippen LogP contribution is 2.16. The molecular weight excluding hydrogens is 228 g/mol. The van der Waals surface area contributed by atoms with Gasteiger partial charge in [0.15, 0.2) is 0 Å². The number of hydrogen-bond donors (Lipinski definition) is 1. The maximum absolute atomic E-state index is 12.0. The molecule has 0 saturated carbocycles. The van der Waals surface area contributed by atoms with Gasteiger partial charge < -0.3 is 14.9 Å². The minimum absolute atomic E-state index is 0.187. The third-order valence-corrected chi connectivity index (χ3v) is 3.84. The standard InChI is InChI=1S/C14H28N2O2/c1-3-9-16-10-7-13(8-11-16)15(2)14(18)6-4-5-12-17/h13,17H,3-12H2,1-2H3. The summed E-state index contributed by atoms with van der Waals surface area (Å²) < 4.78 is 0. The molecule has 0 radical (unpaired) electrons. The minimum Gasteiger partial charge on any atom is -0.396 e. The lowest BCUT2D eigenvalue weighted by Gasteiger charge is -2.36. The number of aliphatic hydroxyl groups is 1. The Morgan fingerprint density at radius 1 is 1.33 bits per heavy atom. The van der Waals surface area contributed by atoms with Crippen LogP contribution < -0.4 is 0 Å². The van der Waals surface area contributed by atoms with Crippen LogP contribution in [0.1, 0.15) is 45.4 Å². The van der Waals surface area contributed by atoms with Crippen LogP contribution in [0.15, 0.2) is 0 Å². The molecule has 1 N–H and O–H groups in total. The van der Waals surface area contributed by atoms with Gasteiger partial charge >= 0.3 is 0 Å². The summed E-state index contributed by atoms with van der Waals surface area (Å²) in [6.45, 7) is 5.82. The minimum atomic E-state index is 0.187. The second kappa shape index (κ2) is 8.48. The Balaban J connectivity index is 2.26. The van der Waals surface area contributed by atoms with Crippen LogP contribution in [-0.4, -0.2) is 60.1 Å². The van der Waals surface area contributed by atoms with Crippen molar-refractivity contribution in [2.45, 2.75) is 51.5 Å². The largest absolute Gasteiger partial charge is 0.396 e. The van der Waals surface area contributed by atoms with E-state index in [4.69, 9.17) is 5.11 Å². The highest BCUT2D eigenvalue weighted by atomic mass is 16.3. The van der Waals surface area contributed by atoms with Gasteiger partial charge in [-0.25, -0.2) is 0 Å². The predicted octanol–water partition coefficient (Wildman–Crippen LogP) is 1.48. The van der Waals surface area contributed by atoms with Crippen molar-refractivity contribution in [2.24, 2.45) is 0 Å². The fourth-order valence-electron chi connectivity index (χ4n) is 2.61. The summed E-state index contributed by atoms with van der Waals surface area (Å²) in [4.78, 5) is 16.4. The molecule has 0 aromatic heterocycles. The second-order valence-corrected chi connectivity index (χ2v) is 5.26. The maximum atomic E-state index is 12.0. The molecule has 0 aromatic rings. The van der Waals surface area contributed by atoms with Crippen molar-refractivity contribution >= 4 is 5.91 Å². The van der Waals surface area contributed by atoms with Crippen LogP contribution in [0.4, 0.5) is 0 Å². The van der Waals surface area contributed by atoms with Gasteiger partial charge in [-0.1, -0.05) is 6.92 Å². The molecule has 4 heteroatoms. The summed E-state index contributed by atoms with van der Waals surface area (Å²) in [6, 6.07) is 0.416. The van der Waals surface area contributed by atoms with Gasteiger partial charge in [-0.05, 0) is 38.6 Å². The molecular formula is C14H28N2O2. The fourth-order valence-corrected chi connectivity index (χ4v) is 2.61. The molecule has 1 rings (SSSR count). The average molecular weight is 256 g/mol. The zero-order valence-corrected chi connectivity index (χ0v) is 11.9. The first kappa shape index (κ1) is 15.4. The van der Waals surface area contributed by atoms with E-state index in [9.17, 15) is 4.79 Å².